The molecule has 1 aromatic carbocycles. The smallest absolute Gasteiger partial charge is 0.191 e. The van der Waals surface area contributed by atoms with Crippen molar-refractivity contribution in [2.45, 2.75) is 13.5 Å². The molecule has 0 aliphatic heterocycles. The summed E-state index contributed by atoms with van der Waals surface area (Å²) in [6, 6.07) is 3.75. The Labute approximate surface area is 136 Å². The van der Waals surface area contributed by atoms with Gasteiger partial charge in [0.2, 0.25) is 0 Å². The largest absolute Gasteiger partial charge is 0.493 e. The second-order valence-electron chi connectivity index (χ2n) is 4.39. The lowest BCUT2D eigenvalue weighted by atomic mass is 10.2. The first kappa shape index (κ1) is 18.4. The van der Waals surface area contributed by atoms with Crippen LogP contribution in [0, 0.1) is 0 Å². The third-order valence-corrected chi connectivity index (χ3v) is 3.14. The highest BCUT2D eigenvalue weighted by Gasteiger charge is 2.11. The Hall–Kier alpha value is -1.66. The number of hydrogen-bond donors (Lipinski definition) is 2. The number of guanidine groups is 1. The Bertz CT molecular complexity index is 495. The van der Waals surface area contributed by atoms with Crippen molar-refractivity contribution in [3.63, 3.8) is 0 Å². The molecule has 0 radical (unpaired) electrons. The Morgan fingerprint density at radius 3 is 2.64 bits per heavy atom. The van der Waals surface area contributed by atoms with Gasteiger partial charge in [0.25, 0.3) is 0 Å². The van der Waals surface area contributed by atoms with Crippen LogP contribution in [0.15, 0.2) is 17.1 Å². The molecule has 0 aromatic heterocycles. The molecule has 22 heavy (non-hydrogen) atoms. The molecule has 124 valence electrons. The van der Waals surface area contributed by atoms with Crippen molar-refractivity contribution >= 4 is 17.6 Å². The fourth-order valence-electron chi connectivity index (χ4n) is 1.84. The van der Waals surface area contributed by atoms with Crippen molar-refractivity contribution in [1.82, 2.24) is 10.6 Å². The highest BCUT2D eigenvalue weighted by atomic mass is 35.5. The van der Waals surface area contributed by atoms with Crippen LogP contribution in [0.25, 0.3) is 0 Å². The maximum atomic E-state index is 6.25. The summed E-state index contributed by atoms with van der Waals surface area (Å²) in [5.74, 6) is 1.88. The molecule has 0 amide bonds. The van der Waals surface area contributed by atoms with E-state index in [9.17, 15) is 0 Å². The number of nitrogens with one attached hydrogen (secondary N) is 2. The number of aliphatic imine (C=N–C) groups is 1. The van der Waals surface area contributed by atoms with Gasteiger partial charge in [0.05, 0.1) is 25.3 Å². The van der Waals surface area contributed by atoms with E-state index in [2.05, 4.69) is 15.6 Å². The molecule has 0 heterocycles. The van der Waals surface area contributed by atoms with Crippen LogP contribution in [-0.4, -0.2) is 47.0 Å². The number of halogens is 1. The van der Waals surface area contributed by atoms with Crippen molar-refractivity contribution in [3.8, 4) is 11.5 Å². The summed E-state index contributed by atoms with van der Waals surface area (Å²) in [6.45, 7) is 4.30. The summed E-state index contributed by atoms with van der Waals surface area (Å²) < 4.78 is 15.8. The summed E-state index contributed by atoms with van der Waals surface area (Å²) in [6.07, 6.45) is 0. The van der Waals surface area contributed by atoms with Crippen molar-refractivity contribution in [2.75, 3.05) is 41.0 Å². The van der Waals surface area contributed by atoms with Crippen LogP contribution in [0.3, 0.4) is 0 Å². The second-order valence-corrected chi connectivity index (χ2v) is 4.79. The number of ether oxygens (including phenoxy) is 3. The van der Waals surface area contributed by atoms with Crippen molar-refractivity contribution < 1.29 is 14.2 Å². The van der Waals surface area contributed by atoms with E-state index in [1.165, 1.54) is 0 Å². The van der Waals surface area contributed by atoms with E-state index in [1.807, 2.05) is 19.1 Å². The number of hydrogen-bond acceptors (Lipinski definition) is 4. The van der Waals surface area contributed by atoms with E-state index >= 15 is 0 Å². The van der Waals surface area contributed by atoms with Gasteiger partial charge in [0, 0.05) is 27.2 Å². The van der Waals surface area contributed by atoms with E-state index in [4.69, 9.17) is 25.8 Å². The van der Waals surface area contributed by atoms with Crippen LogP contribution in [0.1, 0.15) is 12.5 Å². The normalized spacial score (nSPS) is 11.2. The van der Waals surface area contributed by atoms with Gasteiger partial charge in [-0.2, -0.15) is 0 Å². The average Bonchev–Trinajstić information content (AvgIpc) is 2.52. The molecule has 6 nitrogen and oxygen atoms in total. The number of rotatable bonds is 8. The Kier molecular flexibility index (Phi) is 8.47. The van der Waals surface area contributed by atoms with E-state index < -0.39 is 0 Å². The monoisotopic (exact) mass is 329 g/mol. The molecule has 7 heteroatoms. The van der Waals surface area contributed by atoms with Gasteiger partial charge in [-0.15, -0.1) is 0 Å². The SMILES string of the molecule is CCOc1c(Cl)cc(CNC(=NC)NCCOC)cc1OC. The minimum Gasteiger partial charge on any atom is -0.493 e. The van der Waals surface area contributed by atoms with Gasteiger partial charge in [0.15, 0.2) is 17.5 Å². The van der Waals surface area contributed by atoms with Crippen molar-refractivity contribution in [1.29, 1.82) is 0 Å². The van der Waals surface area contributed by atoms with Gasteiger partial charge in [-0.1, -0.05) is 11.6 Å². The number of nitrogens with zero attached hydrogens (tertiary/aromatic N) is 1. The molecule has 0 unspecified atom stereocenters. The zero-order chi connectivity index (χ0) is 16.4. The molecule has 0 saturated carbocycles. The summed E-state index contributed by atoms with van der Waals surface area (Å²) in [7, 11) is 4.97. The van der Waals surface area contributed by atoms with Crippen LogP contribution < -0.4 is 20.1 Å². The first-order chi connectivity index (χ1) is 10.7. The lowest BCUT2D eigenvalue weighted by Crippen LogP contribution is -2.38. The third-order valence-electron chi connectivity index (χ3n) is 2.86. The summed E-state index contributed by atoms with van der Waals surface area (Å²) in [5, 5.41) is 6.87. The Morgan fingerprint density at radius 1 is 1.27 bits per heavy atom. The second kappa shape index (κ2) is 10.1. The van der Waals surface area contributed by atoms with Crippen LogP contribution in [0.5, 0.6) is 11.5 Å². The van der Waals surface area contributed by atoms with Crippen molar-refractivity contribution in [3.05, 3.63) is 22.7 Å². The van der Waals surface area contributed by atoms with Crippen LogP contribution in [0.4, 0.5) is 0 Å². The maximum Gasteiger partial charge on any atom is 0.191 e. The van der Waals surface area contributed by atoms with Crippen molar-refractivity contribution in [2.24, 2.45) is 4.99 Å². The highest BCUT2D eigenvalue weighted by Crippen LogP contribution is 2.36. The quantitative estimate of drug-likeness (QED) is 0.434. The molecule has 0 aliphatic carbocycles. The molecular weight excluding hydrogens is 306 g/mol. The maximum absolute atomic E-state index is 6.25. The third kappa shape index (κ3) is 5.61. The van der Waals surface area contributed by atoms with Gasteiger partial charge < -0.3 is 24.8 Å². The molecule has 2 N–H and O–H groups in total. The van der Waals surface area contributed by atoms with Gasteiger partial charge in [-0.25, -0.2) is 0 Å². The molecule has 0 spiro atoms. The summed E-state index contributed by atoms with van der Waals surface area (Å²) >= 11 is 6.25. The number of methoxy groups -OCH3 is 2. The zero-order valence-corrected chi connectivity index (χ0v) is 14.3. The van der Waals surface area contributed by atoms with Gasteiger partial charge in [-0.05, 0) is 24.6 Å². The first-order valence-electron chi connectivity index (χ1n) is 7.08. The van der Waals surface area contributed by atoms with Crippen LogP contribution >= 0.6 is 11.6 Å². The standard InChI is InChI=1S/C15H24ClN3O3/c1-5-22-14-12(16)8-11(9-13(14)21-4)10-19-15(17-2)18-6-7-20-3/h8-9H,5-7,10H2,1-4H3,(H2,17,18,19). The summed E-state index contributed by atoms with van der Waals surface area (Å²) in [4.78, 5) is 4.14. The van der Waals surface area contributed by atoms with Gasteiger partial charge >= 0.3 is 0 Å². The molecular formula is C15H24ClN3O3. The number of benzene rings is 1. The minimum absolute atomic E-state index is 0.528. The van der Waals surface area contributed by atoms with E-state index in [0.29, 0.717) is 48.8 Å². The topological polar surface area (TPSA) is 64.1 Å². The molecule has 0 fully saturated rings. The molecule has 0 bridgehead atoms. The molecule has 0 aliphatic rings. The lowest BCUT2D eigenvalue weighted by Gasteiger charge is -2.15. The van der Waals surface area contributed by atoms with Crippen LogP contribution in [-0.2, 0) is 11.3 Å². The highest BCUT2D eigenvalue weighted by molar-refractivity contribution is 6.32. The van der Waals surface area contributed by atoms with Crippen LogP contribution in [0.2, 0.25) is 5.02 Å². The molecule has 0 atom stereocenters. The average molecular weight is 330 g/mol. The fraction of sp³-hybridized carbons (Fsp3) is 0.533. The lowest BCUT2D eigenvalue weighted by molar-refractivity contribution is 0.203. The predicted octanol–water partition coefficient (Wildman–Crippen LogP) is 2.06. The minimum atomic E-state index is 0.528. The zero-order valence-electron chi connectivity index (χ0n) is 13.5. The Balaban J connectivity index is 2.71. The molecule has 0 saturated heterocycles. The molecule has 1 aromatic rings. The predicted molar refractivity (Wildman–Crippen MR) is 89.3 cm³/mol. The Morgan fingerprint density at radius 2 is 2.05 bits per heavy atom. The first-order valence-corrected chi connectivity index (χ1v) is 7.46. The van der Waals surface area contributed by atoms with Gasteiger partial charge in [0.1, 0.15) is 0 Å². The van der Waals surface area contributed by atoms with Gasteiger partial charge in [-0.3, -0.25) is 4.99 Å². The summed E-state index contributed by atoms with van der Waals surface area (Å²) in [5.41, 5.74) is 0.972. The fourth-order valence-corrected chi connectivity index (χ4v) is 2.13. The van der Waals surface area contributed by atoms with E-state index in [-0.39, 0.29) is 0 Å². The van der Waals surface area contributed by atoms with E-state index in [1.54, 1.807) is 21.3 Å². The molecule has 1 rings (SSSR count). The van der Waals surface area contributed by atoms with E-state index in [0.717, 1.165) is 5.56 Å².